The van der Waals surface area contributed by atoms with E-state index in [-0.39, 0.29) is 5.41 Å². The second kappa shape index (κ2) is 3.71. The van der Waals surface area contributed by atoms with E-state index in [0.717, 1.165) is 16.8 Å². The van der Waals surface area contributed by atoms with Gasteiger partial charge >= 0.3 is 0 Å². The van der Waals surface area contributed by atoms with Crippen molar-refractivity contribution in [3.05, 3.63) is 29.3 Å². The Labute approximate surface area is 85.4 Å². The molecule has 0 fully saturated rings. The van der Waals surface area contributed by atoms with E-state index in [2.05, 4.69) is 26.8 Å². The van der Waals surface area contributed by atoms with Gasteiger partial charge in [-0.15, -0.1) is 0 Å². The predicted molar refractivity (Wildman–Crippen MR) is 58.9 cm³/mol. The van der Waals surface area contributed by atoms with Gasteiger partial charge in [0.1, 0.15) is 0 Å². The van der Waals surface area contributed by atoms with Crippen molar-refractivity contribution in [2.24, 2.45) is 0 Å². The summed E-state index contributed by atoms with van der Waals surface area (Å²) < 4.78 is 0. The summed E-state index contributed by atoms with van der Waals surface area (Å²) in [5.74, 6) is 0. The molecule has 2 nitrogen and oxygen atoms in total. The fourth-order valence-corrected chi connectivity index (χ4v) is 1.50. The van der Waals surface area contributed by atoms with Gasteiger partial charge in [-0.3, -0.25) is 0 Å². The van der Waals surface area contributed by atoms with Crippen molar-refractivity contribution in [3.63, 3.8) is 0 Å². The predicted octanol–water partition coefficient (Wildman–Crippen LogP) is 2.63. The van der Waals surface area contributed by atoms with Gasteiger partial charge in [0.25, 0.3) is 0 Å². The number of anilines is 1. The monoisotopic (exact) mass is 188 g/mol. The third-order valence-corrected chi connectivity index (χ3v) is 2.21. The van der Waals surface area contributed by atoms with Crippen LogP contribution in [-0.2, 0) is 11.8 Å². The van der Waals surface area contributed by atoms with Crippen LogP contribution >= 0.6 is 0 Å². The lowest BCUT2D eigenvalue weighted by molar-refractivity contribution is 0.592. The fraction of sp³-hybridized carbons (Fsp3) is 0.417. The molecular weight excluding hydrogens is 172 g/mol. The molecule has 0 heterocycles. The van der Waals surface area contributed by atoms with Crippen LogP contribution in [0.2, 0.25) is 0 Å². The zero-order valence-electron chi connectivity index (χ0n) is 8.96. The Morgan fingerprint density at radius 2 is 2.00 bits per heavy atom. The molecule has 0 saturated heterocycles. The Morgan fingerprint density at radius 3 is 2.43 bits per heavy atom. The minimum atomic E-state index is 0.0647. The van der Waals surface area contributed by atoms with Gasteiger partial charge in [-0.25, -0.2) is 0 Å². The first-order chi connectivity index (χ1) is 6.45. The van der Waals surface area contributed by atoms with Gasteiger partial charge in [0.05, 0.1) is 12.5 Å². The zero-order valence-corrected chi connectivity index (χ0v) is 8.96. The van der Waals surface area contributed by atoms with Crippen LogP contribution in [0.5, 0.6) is 0 Å². The van der Waals surface area contributed by atoms with Crippen molar-refractivity contribution in [2.45, 2.75) is 32.6 Å². The molecule has 0 amide bonds. The van der Waals surface area contributed by atoms with Crippen molar-refractivity contribution in [1.82, 2.24) is 0 Å². The lowest BCUT2D eigenvalue weighted by Gasteiger charge is -2.21. The molecule has 1 aromatic rings. The number of rotatable bonds is 1. The lowest BCUT2D eigenvalue weighted by Crippen LogP contribution is -2.14. The molecule has 74 valence electrons. The first-order valence-electron chi connectivity index (χ1n) is 4.71. The first kappa shape index (κ1) is 10.6. The van der Waals surface area contributed by atoms with Gasteiger partial charge in [-0.05, 0) is 22.6 Å². The van der Waals surface area contributed by atoms with E-state index in [1.807, 2.05) is 18.2 Å². The maximum atomic E-state index is 8.55. The third-order valence-electron chi connectivity index (χ3n) is 2.21. The SMILES string of the molecule is CC(C)(C)c1ccc(CC#N)cc1N. The summed E-state index contributed by atoms with van der Waals surface area (Å²) >= 11 is 0. The summed E-state index contributed by atoms with van der Waals surface area (Å²) in [5.41, 5.74) is 8.90. The summed E-state index contributed by atoms with van der Waals surface area (Å²) in [6, 6.07) is 7.99. The summed E-state index contributed by atoms with van der Waals surface area (Å²) in [7, 11) is 0. The molecule has 0 bridgehead atoms. The fourth-order valence-electron chi connectivity index (χ4n) is 1.50. The van der Waals surface area contributed by atoms with Crippen LogP contribution in [-0.4, -0.2) is 0 Å². The van der Waals surface area contributed by atoms with Crippen molar-refractivity contribution in [3.8, 4) is 6.07 Å². The molecule has 0 saturated carbocycles. The Hall–Kier alpha value is -1.49. The molecule has 1 aromatic carbocycles. The van der Waals surface area contributed by atoms with Gasteiger partial charge in [0.15, 0.2) is 0 Å². The lowest BCUT2D eigenvalue weighted by atomic mass is 9.85. The largest absolute Gasteiger partial charge is 0.398 e. The van der Waals surface area contributed by atoms with E-state index in [9.17, 15) is 0 Å². The summed E-state index contributed by atoms with van der Waals surface area (Å²) in [6.07, 6.45) is 0.425. The molecule has 2 N–H and O–H groups in total. The quantitative estimate of drug-likeness (QED) is 0.689. The van der Waals surface area contributed by atoms with Crippen LogP contribution in [0.1, 0.15) is 31.9 Å². The number of nitrogens with zero attached hydrogens (tertiary/aromatic N) is 1. The van der Waals surface area contributed by atoms with Gasteiger partial charge in [0.2, 0.25) is 0 Å². The topological polar surface area (TPSA) is 49.8 Å². The van der Waals surface area contributed by atoms with Gasteiger partial charge in [-0.1, -0.05) is 32.9 Å². The van der Waals surface area contributed by atoms with Crippen LogP contribution in [0, 0.1) is 11.3 Å². The number of nitriles is 1. The van der Waals surface area contributed by atoms with Gasteiger partial charge < -0.3 is 5.73 Å². The molecule has 0 aliphatic heterocycles. The van der Waals surface area contributed by atoms with E-state index >= 15 is 0 Å². The van der Waals surface area contributed by atoms with E-state index in [0.29, 0.717) is 6.42 Å². The molecule has 0 aromatic heterocycles. The van der Waals surface area contributed by atoms with Crippen LogP contribution < -0.4 is 5.73 Å². The van der Waals surface area contributed by atoms with E-state index in [1.165, 1.54) is 0 Å². The average molecular weight is 188 g/mol. The molecule has 0 radical (unpaired) electrons. The Bertz CT molecular complexity index is 367. The van der Waals surface area contributed by atoms with Crippen LogP contribution in [0.3, 0.4) is 0 Å². The number of benzene rings is 1. The summed E-state index contributed by atoms with van der Waals surface area (Å²) in [5, 5.41) is 8.55. The second-order valence-electron chi connectivity index (χ2n) is 4.51. The maximum Gasteiger partial charge on any atom is 0.0669 e. The standard InChI is InChI=1S/C12H16N2/c1-12(2,3)10-5-4-9(6-7-13)8-11(10)14/h4-5,8H,6,14H2,1-3H3. The third kappa shape index (κ3) is 2.26. The molecule has 14 heavy (non-hydrogen) atoms. The molecule has 0 spiro atoms. The number of nitrogens with two attached hydrogens (primary N) is 1. The smallest absolute Gasteiger partial charge is 0.0669 e. The van der Waals surface area contributed by atoms with Crippen LogP contribution in [0.4, 0.5) is 5.69 Å². The molecule has 1 rings (SSSR count). The Morgan fingerprint density at radius 1 is 1.36 bits per heavy atom. The maximum absolute atomic E-state index is 8.55. The highest BCUT2D eigenvalue weighted by Gasteiger charge is 2.16. The van der Waals surface area contributed by atoms with Crippen LogP contribution in [0.25, 0.3) is 0 Å². The molecular formula is C12H16N2. The van der Waals surface area contributed by atoms with Crippen molar-refractivity contribution in [1.29, 1.82) is 5.26 Å². The molecule has 2 heteroatoms. The van der Waals surface area contributed by atoms with Crippen molar-refractivity contribution >= 4 is 5.69 Å². The van der Waals surface area contributed by atoms with E-state index < -0.39 is 0 Å². The second-order valence-corrected chi connectivity index (χ2v) is 4.51. The Kier molecular flexibility index (Phi) is 2.81. The van der Waals surface area contributed by atoms with E-state index in [4.69, 9.17) is 11.0 Å². The van der Waals surface area contributed by atoms with E-state index in [1.54, 1.807) is 0 Å². The highest BCUT2D eigenvalue weighted by Crippen LogP contribution is 2.28. The highest BCUT2D eigenvalue weighted by atomic mass is 14.6. The molecule has 0 unspecified atom stereocenters. The normalized spacial score (nSPS) is 11.0. The molecule has 0 aliphatic rings. The minimum Gasteiger partial charge on any atom is -0.398 e. The molecule has 0 aliphatic carbocycles. The average Bonchev–Trinajstić information content (AvgIpc) is 2.02. The summed E-state index contributed by atoms with van der Waals surface area (Å²) in [6.45, 7) is 6.38. The summed E-state index contributed by atoms with van der Waals surface area (Å²) in [4.78, 5) is 0. The van der Waals surface area contributed by atoms with Gasteiger partial charge in [-0.2, -0.15) is 5.26 Å². The van der Waals surface area contributed by atoms with Gasteiger partial charge in [0, 0.05) is 5.69 Å². The number of hydrogen-bond acceptors (Lipinski definition) is 2. The van der Waals surface area contributed by atoms with Crippen molar-refractivity contribution in [2.75, 3.05) is 5.73 Å². The number of nitrogen functional groups attached to an aromatic ring is 1. The minimum absolute atomic E-state index is 0.0647. The highest BCUT2D eigenvalue weighted by molar-refractivity contribution is 5.52. The van der Waals surface area contributed by atoms with Crippen molar-refractivity contribution < 1.29 is 0 Å². The molecule has 0 atom stereocenters. The van der Waals surface area contributed by atoms with Crippen LogP contribution in [0.15, 0.2) is 18.2 Å². The number of hydrogen-bond donors (Lipinski definition) is 1. The zero-order chi connectivity index (χ0) is 10.8. The first-order valence-corrected chi connectivity index (χ1v) is 4.71. The Balaban J connectivity index is 3.09.